The topological polar surface area (TPSA) is 84.9 Å². The van der Waals surface area contributed by atoms with Crippen molar-refractivity contribution in [2.75, 3.05) is 13.7 Å². The first kappa shape index (κ1) is 22.4. The van der Waals surface area contributed by atoms with Crippen molar-refractivity contribution in [3.8, 4) is 16.9 Å². The monoisotopic (exact) mass is 445 g/mol. The molecule has 2 N–H and O–H groups in total. The molecule has 6 nitrogen and oxygen atoms in total. The summed E-state index contributed by atoms with van der Waals surface area (Å²) in [4.78, 5) is 24.4. The minimum atomic E-state index is -1.12. The Labute approximate surface area is 193 Å². The molecular weight excluding hydrogens is 418 g/mol. The molecule has 3 aromatic rings. The third-order valence-corrected chi connectivity index (χ3v) is 6.10. The van der Waals surface area contributed by atoms with Crippen molar-refractivity contribution in [3.63, 3.8) is 0 Å². The van der Waals surface area contributed by atoms with Gasteiger partial charge in [-0.2, -0.15) is 0 Å². The van der Waals surface area contributed by atoms with Crippen molar-refractivity contribution in [3.05, 3.63) is 88.5 Å². The van der Waals surface area contributed by atoms with Crippen molar-refractivity contribution in [1.82, 2.24) is 5.32 Å². The fourth-order valence-electron chi connectivity index (χ4n) is 4.70. The standard InChI is InChI=1S/C27H27NO5/c1-16-12-18(13-17(2)25(16)32-3)14-24(26(29)30)28-27(31)33-15-23-21-10-6-4-8-19(21)20-9-5-7-11-22(20)23/h4-13,23-24H,14-15H2,1-3H3,(H,28,31)(H,29,30)/t24-/m0/s1. The molecule has 1 atom stereocenters. The van der Waals surface area contributed by atoms with Crippen LogP contribution < -0.4 is 10.1 Å². The summed E-state index contributed by atoms with van der Waals surface area (Å²) in [7, 11) is 1.60. The zero-order chi connectivity index (χ0) is 23.5. The Hall–Kier alpha value is -3.80. The number of hydrogen-bond acceptors (Lipinski definition) is 4. The maximum atomic E-state index is 12.5. The van der Waals surface area contributed by atoms with Crippen LogP contribution in [0.1, 0.15) is 33.7 Å². The summed E-state index contributed by atoms with van der Waals surface area (Å²) < 4.78 is 10.9. The number of methoxy groups -OCH3 is 1. The third kappa shape index (κ3) is 4.55. The van der Waals surface area contributed by atoms with E-state index in [0.29, 0.717) is 0 Å². The second-order valence-corrected chi connectivity index (χ2v) is 8.33. The normalized spacial score (nSPS) is 13.1. The Balaban J connectivity index is 1.44. The van der Waals surface area contributed by atoms with E-state index in [0.717, 1.165) is 44.7 Å². The van der Waals surface area contributed by atoms with E-state index in [1.807, 2.05) is 62.4 Å². The zero-order valence-electron chi connectivity index (χ0n) is 18.9. The van der Waals surface area contributed by atoms with E-state index in [1.54, 1.807) is 7.11 Å². The van der Waals surface area contributed by atoms with E-state index in [1.165, 1.54) is 0 Å². The largest absolute Gasteiger partial charge is 0.496 e. The maximum Gasteiger partial charge on any atom is 0.407 e. The van der Waals surface area contributed by atoms with Crippen LogP contribution in [-0.4, -0.2) is 36.9 Å². The van der Waals surface area contributed by atoms with Crippen LogP contribution in [-0.2, 0) is 16.0 Å². The van der Waals surface area contributed by atoms with Gasteiger partial charge < -0.3 is 19.9 Å². The fourth-order valence-corrected chi connectivity index (χ4v) is 4.70. The van der Waals surface area contributed by atoms with Gasteiger partial charge in [0, 0.05) is 12.3 Å². The summed E-state index contributed by atoms with van der Waals surface area (Å²) in [6.45, 7) is 3.95. The molecule has 0 aliphatic heterocycles. The van der Waals surface area contributed by atoms with Crippen LogP contribution in [0.5, 0.6) is 5.75 Å². The van der Waals surface area contributed by atoms with Crippen molar-refractivity contribution in [1.29, 1.82) is 0 Å². The van der Waals surface area contributed by atoms with Gasteiger partial charge in [0.25, 0.3) is 0 Å². The summed E-state index contributed by atoms with van der Waals surface area (Å²) in [5.74, 6) is -0.428. The molecule has 1 aliphatic rings. The van der Waals surface area contributed by atoms with Gasteiger partial charge in [0.05, 0.1) is 7.11 Å². The number of benzene rings is 3. The molecule has 0 bridgehead atoms. The lowest BCUT2D eigenvalue weighted by Crippen LogP contribution is -2.43. The number of carboxylic acid groups (broad SMARTS) is 1. The van der Waals surface area contributed by atoms with Crippen LogP contribution >= 0.6 is 0 Å². The number of carboxylic acids is 1. The number of aliphatic carboxylic acids is 1. The highest BCUT2D eigenvalue weighted by Crippen LogP contribution is 2.44. The Morgan fingerprint density at radius 2 is 1.52 bits per heavy atom. The molecule has 0 aromatic heterocycles. The molecule has 1 aliphatic carbocycles. The van der Waals surface area contributed by atoms with E-state index in [4.69, 9.17) is 9.47 Å². The van der Waals surface area contributed by atoms with Crippen LogP contribution in [0.4, 0.5) is 4.79 Å². The number of ether oxygens (including phenoxy) is 2. The van der Waals surface area contributed by atoms with Crippen molar-refractivity contribution < 1.29 is 24.2 Å². The average Bonchev–Trinajstić information content (AvgIpc) is 3.11. The first-order valence-electron chi connectivity index (χ1n) is 10.9. The van der Waals surface area contributed by atoms with E-state index in [9.17, 15) is 14.7 Å². The number of amides is 1. The Morgan fingerprint density at radius 1 is 0.970 bits per heavy atom. The molecule has 0 fully saturated rings. The summed E-state index contributed by atoms with van der Waals surface area (Å²) in [5.41, 5.74) is 7.11. The molecule has 0 saturated carbocycles. The number of rotatable bonds is 7. The zero-order valence-corrected chi connectivity index (χ0v) is 18.9. The lowest BCUT2D eigenvalue weighted by atomic mass is 9.98. The molecule has 0 spiro atoms. The predicted octanol–water partition coefficient (Wildman–Crippen LogP) is 4.85. The Morgan fingerprint density at radius 3 is 2.03 bits per heavy atom. The van der Waals surface area contributed by atoms with E-state index >= 15 is 0 Å². The van der Waals surface area contributed by atoms with Gasteiger partial charge in [-0.1, -0.05) is 60.7 Å². The summed E-state index contributed by atoms with van der Waals surface area (Å²) >= 11 is 0. The minimum Gasteiger partial charge on any atom is -0.496 e. The molecule has 0 saturated heterocycles. The number of carbonyl (C=O) groups is 2. The Bertz CT molecular complexity index is 1130. The molecule has 0 unspecified atom stereocenters. The van der Waals surface area contributed by atoms with Crippen molar-refractivity contribution in [2.45, 2.75) is 32.2 Å². The highest BCUT2D eigenvalue weighted by molar-refractivity contribution is 5.81. The van der Waals surface area contributed by atoms with Crippen molar-refractivity contribution >= 4 is 12.1 Å². The Kier molecular flexibility index (Phi) is 6.36. The van der Waals surface area contributed by atoms with E-state index in [2.05, 4.69) is 17.4 Å². The lowest BCUT2D eigenvalue weighted by Gasteiger charge is -2.18. The molecule has 4 rings (SSSR count). The number of fused-ring (bicyclic) bond motifs is 3. The number of aryl methyl sites for hydroxylation is 2. The van der Waals surface area contributed by atoms with Gasteiger partial charge >= 0.3 is 12.1 Å². The van der Waals surface area contributed by atoms with Crippen LogP contribution in [0.2, 0.25) is 0 Å². The van der Waals surface area contributed by atoms with Crippen molar-refractivity contribution in [2.24, 2.45) is 0 Å². The molecular formula is C27H27NO5. The summed E-state index contributed by atoms with van der Waals surface area (Å²) in [6.07, 6.45) is -0.600. The number of hydrogen-bond donors (Lipinski definition) is 2. The van der Waals surface area contributed by atoms with Crippen LogP contribution in [0, 0.1) is 13.8 Å². The van der Waals surface area contributed by atoms with E-state index < -0.39 is 18.1 Å². The first-order chi connectivity index (χ1) is 15.9. The van der Waals surface area contributed by atoms with Crippen LogP contribution in [0.15, 0.2) is 60.7 Å². The average molecular weight is 446 g/mol. The SMILES string of the molecule is COc1c(C)cc(C[C@H](NC(=O)OCC2c3ccccc3-c3ccccc32)C(=O)O)cc1C. The maximum absolute atomic E-state index is 12.5. The second-order valence-electron chi connectivity index (χ2n) is 8.33. The van der Waals surface area contributed by atoms with Gasteiger partial charge in [0.15, 0.2) is 0 Å². The lowest BCUT2D eigenvalue weighted by molar-refractivity contribution is -0.139. The summed E-state index contributed by atoms with van der Waals surface area (Å²) in [5, 5.41) is 12.2. The minimum absolute atomic E-state index is 0.0849. The van der Waals surface area contributed by atoms with Crippen LogP contribution in [0.25, 0.3) is 11.1 Å². The van der Waals surface area contributed by atoms with Gasteiger partial charge in [-0.3, -0.25) is 0 Å². The highest BCUT2D eigenvalue weighted by Gasteiger charge is 2.29. The molecule has 6 heteroatoms. The highest BCUT2D eigenvalue weighted by atomic mass is 16.5. The smallest absolute Gasteiger partial charge is 0.407 e. The van der Waals surface area contributed by atoms with Crippen LogP contribution in [0.3, 0.4) is 0 Å². The molecule has 170 valence electrons. The molecule has 0 heterocycles. The first-order valence-corrected chi connectivity index (χ1v) is 10.9. The number of alkyl carbamates (subject to hydrolysis) is 1. The molecule has 0 radical (unpaired) electrons. The molecule has 3 aromatic carbocycles. The molecule has 33 heavy (non-hydrogen) atoms. The number of nitrogens with one attached hydrogen (secondary N) is 1. The fraction of sp³-hybridized carbons (Fsp3) is 0.259. The van der Waals surface area contributed by atoms with Gasteiger partial charge in [0.1, 0.15) is 18.4 Å². The van der Waals surface area contributed by atoms with E-state index in [-0.39, 0.29) is 18.9 Å². The van der Waals surface area contributed by atoms with Gasteiger partial charge in [-0.15, -0.1) is 0 Å². The second kappa shape index (κ2) is 9.36. The quantitative estimate of drug-likeness (QED) is 0.543. The number of carbonyl (C=O) groups excluding carboxylic acids is 1. The predicted molar refractivity (Wildman–Crippen MR) is 126 cm³/mol. The molecule has 1 amide bonds. The van der Waals surface area contributed by atoms with Gasteiger partial charge in [0.2, 0.25) is 0 Å². The summed E-state index contributed by atoms with van der Waals surface area (Å²) in [6, 6.07) is 18.8. The third-order valence-electron chi connectivity index (χ3n) is 6.10. The van der Waals surface area contributed by atoms with Gasteiger partial charge in [-0.25, -0.2) is 9.59 Å². The van der Waals surface area contributed by atoms with Gasteiger partial charge in [-0.05, 0) is 52.8 Å².